The van der Waals surface area contributed by atoms with Crippen molar-refractivity contribution in [3.05, 3.63) is 82.4 Å². The molecule has 45 heavy (non-hydrogen) atoms. The fraction of sp³-hybridized carbons (Fsp3) is 0.133. The zero-order valence-electron chi connectivity index (χ0n) is 24.6. The molecule has 0 atom stereocenters. The van der Waals surface area contributed by atoms with Gasteiger partial charge in [-0.1, -0.05) is 60.0 Å². The molecule has 0 aliphatic heterocycles. The number of hydrogen-bond acceptors (Lipinski definition) is 5. The average Bonchev–Trinajstić information content (AvgIpc) is 2.99. The molecule has 3 aromatic rings. The Morgan fingerprint density at radius 1 is 0.911 bits per heavy atom. The van der Waals surface area contributed by atoms with Crippen LogP contribution in [0.15, 0.2) is 101 Å². The Morgan fingerprint density at radius 3 is 2.20 bits per heavy atom. The van der Waals surface area contributed by atoms with Crippen molar-refractivity contribution in [2.45, 2.75) is 27.7 Å². The second-order valence-electron chi connectivity index (χ2n) is 9.17. The van der Waals surface area contributed by atoms with Gasteiger partial charge in [0.25, 0.3) is 5.91 Å². The van der Waals surface area contributed by atoms with Crippen LogP contribution in [0.1, 0.15) is 45.1 Å². The van der Waals surface area contributed by atoms with E-state index in [9.17, 15) is 15.0 Å². The number of nitrogens with zero attached hydrogens (tertiary/aromatic N) is 10. The number of para-hydroxylation sites is 1. The van der Waals surface area contributed by atoms with Gasteiger partial charge >= 0.3 is 0 Å². The number of aromatic hydroxyl groups is 2. The first-order valence-electron chi connectivity index (χ1n) is 12.9. The summed E-state index contributed by atoms with van der Waals surface area (Å²) in [6.45, 7) is 11.4. The molecule has 4 N–H and O–H groups in total. The largest absolute Gasteiger partial charge is 0.507 e. The van der Waals surface area contributed by atoms with E-state index in [1.54, 1.807) is 6.07 Å². The first-order valence-corrected chi connectivity index (χ1v) is 12.9. The van der Waals surface area contributed by atoms with Crippen molar-refractivity contribution < 1.29 is 15.0 Å². The topological polar surface area (TPSA) is 217 Å². The highest BCUT2D eigenvalue weighted by molar-refractivity contribution is 6.10. The monoisotopic (exact) mass is 602 g/mol. The minimum atomic E-state index is -0.627. The molecule has 0 saturated carbocycles. The number of phenolic OH excluding ortho intramolecular Hbond substituents is 2. The highest BCUT2D eigenvalue weighted by Gasteiger charge is 2.25. The minimum Gasteiger partial charge on any atom is -0.507 e. The van der Waals surface area contributed by atoms with Crippen LogP contribution >= 0.6 is 0 Å². The molecule has 1 amide bonds. The van der Waals surface area contributed by atoms with Crippen molar-refractivity contribution in [3.63, 3.8) is 0 Å². The van der Waals surface area contributed by atoms with Gasteiger partial charge < -0.3 is 15.5 Å². The molecule has 0 unspecified atom stereocenters. The number of nitrogens with one attached hydrogen (secondary N) is 2. The lowest BCUT2D eigenvalue weighted by Gasteiger charge is -2.18. The number of phenols is 2. The van der Waals surface area contributed by atoms with E-state index >= 15 is 0 Å². The van der Waals surface area contributed by atoms with Crippen LogP contribution in [0.2, 0.25) is 0 Å². The summed E-state index contributed by atoms with van der Waals surface area (Å²) in [5.74, 6) is 8.95. The van der Waals surface area contributed by atoms with Crippen LogP contribution in [0.3, 0.4) is 0 Å². The molecule has 0 aliphatic rings. The average molecular weight is 603 g/mol. The fourth-order valence-electron chi connectivity index (χ4n) is 4.05. The van der Waals surface area contributed by atoms with Gasteiger partial charge in [0.1, 0.15) is 17.7 Å². The minimum absolute atomic E-state index is 0.0402. The van der Waals surface area contributed by atoms with E-state index in [1.807, 2.05) is 58.0 Å². The van der Waals surface area contributed by atoms with Crippen molar-refractivity contribution >= 4 is 23.4 Å². The summed E-state index contributed by atoms with van der Waals surface area (Å²) >= 11 is 0. The van der Waals surface area contributed by atoms with Gasteiger partial charge in [0, 0.05) is 11.3 Å². The maximum Gasteiger partial charge on any atom is 0.260 e. The molecule has 3 rings (SSSR count). The zero-order chi connectivity index (χ0) is 32.8. The lowest BCUT2D eigenvalue weighted by Crippen LogP contribution is -2.16. The molecule has 15 heteroatoms. The molecule has 0 heterocycles. The number of carbonyl (C=O) groups excluding carboxylic acids is 1. The molecule has 0 radical (unpaired) electrons. The van der Waals surface area contributed by atoms with Crippen LogP contribution in [0.4, 0.5) is 5.69 Å². The van der Waals surface area contributed by atoms with Gasteiger partial charge in [0.15, 0.2) is 0 Å². The lowest BCUT2D eigenvalue weighted by molar-refractivity contribution is 0.102. The van der Waals surface area contributed by atoms with Crippen molar-refractivity contribution in [2.75, 3.05) is 5.32 Å². The number of allylic oxidation sites excluding steroid dienone is 1. The molecule has 0 bridgehead atoms. The molecule has 3 aromatic carbocycles. The molecule has 0 aliphatic carbocycles. The van der Waals surface area contributed by atoms with E-state index < -0.39 is 11.7 Å². The zero-order valence-corrected chi connectivity index (χ0v) is 24.6. The van der Waals surface area contributed by atoms with Crippen molar-refractivity contribution in [2.24, 2.45) is 52.1 Å². The third kappa shape index (κ3) is 8.87. The Bertz CT molecular complexity index is 1900. The van der Waals surface area contributed by atoms with Gasteiger partial charge in [-0.3, -0.25) is 4.79 Å². The van der Waals surface area contributed by atoms with E-state index in [2.05, 4.69) is 87.7 Å². The maximum atomic E-state index is 13.7. The fourth-order valence-corrected chi connectivity index (χ4v) is 4.05. The molecular formula is C30H26N12O3. The summed E-state index contributed by atoms with van der Waals surface area (Å²) in [4.78, 5) is 13.7. The van der Waals surface area contributed by atoms with E-state index in [1.165, 1.54) is 6.07 Å². The van der Waals surface area contributed by atoms with Crippen molar-refractivity contribution in [1.82, 2.24) is 0 Å². The molecule has 15 nitrogen and oxygen atoms in total. The van der Waals surface area contributed by atoms with Crippen molar-refractivity contribution in [1.29, 1.82) is 5.53 Å². The van der Waals surface area contributed by atoms with Crippen LogP contribution in [-0.4, -0.2) is 22.3 Å². The molecule has 0 aromatic heterocycles. The molecule has 0 spiro atoms. The summed E-state index contributed by atoms with van der Waals surface area (Å²) in [7, 11) is 0. The Morgan fingerprint density at radius 2 is 1.56 bits per heavy atom. The van der Waals surface area contributed by atoms with Gasteiger partial charge in [0.05, 0.1) is 11.1 Å². The molecular weight excluding hydrogens is 576 g/mol. The summed E-state index contributed by atoms with van der Waals surface area (Å²) < 4.78 is 0. The lowest BCUT2D eigenvalue weighted by atomic mass is 9.90. The van der Waals surface area contributed by atoms with E-state index in [4.69, 9.17) is 5.53 Å². The van der Waals surface area contributed by atoms with E-state index in [0.717, 1.165) is 22.9 Å². The number of aryl methyl sites for hydroxylation is 3. The normalized spacial score (nSPS) is 11.2. The summed E-state index contributed by atoms with van der Waals surface area (Å²) in [6.07, 6.45) is 1.07. The Hall–Kier alpha value is -6.74. The Labute approximate surface area is 257 Å². The number of carbonyl (C=O) groups is 1. The van der Waals surface area contributed by atoms with Gasteiger partial charge in [0.2, 0.25) is 0 Å². The Kier molecular flexibility index (Phi) is 11.7. The Balaban J connectivity index is 2.01. The van der Waals surface area contributed by atoms with Crippen molar-refractivity contribution in [3.8, 4) is 46.3 Å². The highest BCUT2D eigenvalue weighted by atomic mass is 16.3. The third-order valence-electron chi connectivity index (χ3n) is 5.96. The van der Waals surface area contributed by atoms with Gasteiger partial charge in [-0.15, -0.1) is 5.10 Å². The second-order valence-corrected chi connectivity index (χ2v) is 9.17. The number of hydrogen-bond donors (Lipinski definition) is 4. The predicted octanol–water partition coefficient (Wildman–Crippen LogP) is 7.82. The van der Waals surface area contributed by atoms with Crippen LogP contribution in [0.25, 0.3) is 16.7 Å². The van der Waals surface area contributed by atoms with Gasteiger partial charge in [-0.2, -0.15) is 5.53 Å². The number of rotatable bonds is 9. The number of anilines is 1. The van der Waals surface area contributed by atoms with Crippen LogP contribution < -0.4 is 5.32 Å². The molecule has 224 valence electrons. The van der Waals surface area contributed by atoms with Gasteiger partial charge in [-0.05, 0) is 121 Å². The number of benzene rings is 3. The van der Waals surface area contributed by atoms with Crippen LogP contribution in [-0.2, 0) is 0 Å². The molecule has 0 fully saturated rings. The standard InChI is InChI=1S/C30H26N12O3/c1-18(2)23-14-13-19(3)16-24(23)27-25(43)17-22(12-7-6-8-15-32-35-37-39-41-42-40-38-36-34-31)26(29(27)44)30(45)33-28-20(4)10-9-11-21(28)5/h9-11,13-17,31,43-44H,1H2,2-5H3,(H,33,45)/b32-15+,34-31?,37-35+,38-36+,41-39+,42-40+. The predicted molar refractivity (Wildman–Crippen MR) is 166 cm³/mol. The second kappa shape index (κ2) is 16.0. The van der Waals surface area contributed by atoms with E-state index in [-0.39, 0.29) is 22.4 Å². The summed E-state index contributed by atoms with van der Waals surface area (Å²) in [6, 6.07) is 12.4. The highest BCUT2D eigenvalue weighted by Crippen LogP contribution is 2.44. The summed E-state index contributed by atoms with van der Waals surface area (Å²) in [5.41, 5.74) is 11.4. The SMILES string of the molecule is C=C(C)c1ccc(C)cc1-c1c(O)cc(C#CC#C/C=N/N=N/N=N/N=N/N=N/N=N)c(C(=O)Nc2c(C)cccc2C)c1O. The summed E-state index contributed by atoms with van der Waals surface area (Å²) in [5, 5.41) is 56.2. The quantitative estimate of drug-likeness (QED) is 0.0834. The van der Waals surface area contributed by atoms with Gasteiger partial charge in [-0.25, -0.2) is 0 Å². The van der Waals surface area contributed by atoms with Crippen LogP contribution in [0.5, 0.6) is 11.5 Å². The molecule has 0 saturated heterocycles. The first kappa shape index (κ1) is 32.8. The first-order chi connectivity index (χ1) is 21.6. The van der Waals surface area contributed by atoms with E-state index in [0.29, 0.717) is 22.4 Å². The van der Waals surface area contributed by atoms with Crippen LogP contribution in [0, 0.1) is 50.0 Å². The maximum absolute atomic E-state index is 13.7. The third-order valence-corrected chi connectivity index (χ3v) is 5.96. The smallest absolute Gasteiger partial charge is 0.260 e. The number of amides is 1.